The topological polar surface area (TPSA) is 84.6 Å². The summed E-state index contributed by atoms with van der Waals surface area (Å²) in [5.74, 6) is 3.39. The first-order valence-corrected chi connectivity index (χ1v) is 10.4. The molecule has 8 heteroatoms. The van der Waals surface area contributed by atoms with E-state index >= 15 is 0 Å². The number of aliphatic imine (C=N–C) groups is 1. The van der Waals surface area contributed by atoms with E-state index in [1.807, 2.05) is 39.0 Å². The maximum atomic E-state index is 6.06. The van der Waals surface area contributed by atoms with Crippen LogP contribution in [0.4, 0.5) is 0 Å². The molecule has 0 amide bonds. The predicted octanol–water partition coefficient (Wildman–Crippen LogP) is 4.68. The lowest BCUT2D eigenvalue weighted by Crippen LogP contribution is -2.37. The highest BCUT2D eigenvalue weighted by molar-refractivity contribution is 14.0. The highest BCUT2D eigenvalue weighted by Crippen LogP contribution is 2.23. The van der Waals surface area contributed by atoms with Crippen LogP contribution in [-0.4, -0.2) is 34.8 Å². The molecule has 0 radical (unpaired) electrons. The maximum Gasteiger partial charge on any atom is 0.226 e. The first-order chi connectivity index (χ1) is 13.8. The van der Waals surface area contributed by atoms with Crippen LogP contribution in [-0.2, 0) is 13.0 Å². The van der Waals surface area contributed by atoms with Gasteiger partial charge in [-0.15, -0.1) is 24.0 Å². The Labute approximate surface area is 197 Å². The molecule has 0 saturated carbocycles. The predicted molar refractivity (Wildman–Crippen MR) is 132 cm³/mol. The minimum atomic E-state index is -0.243. The highest BCUT2D eigenvalue weighted by atomic mass is 127. The number of aromatic nitrogens is 2. The van der Waals surface area contributed by atoms with E-state index in [0.717, 1.165) is 49.0 Å². The van der Waals surface area contributed by atoms with Gasteiger partial charge < -0.3 is 19.9 Å². The van der Waals surface area contributed by atoms with E-state index in [1.165, 1.54) is 0 Å². The molecule has 0 aliphatic rings. The van der Waals surface area contributed by atoms with E-state index in [0.29, 0.717) is 12.4 Å². The number of halogens is 1. The minimum Gasteiger partial charge on any atom is -0.488 e. The number of ether oxygens (including phenoxy) is 1. The Kier molecular flexibility index (Phi) is 11.1. The van der Waals surface area contributed by atoms with Crippen LogP contribution in [0.15, 0.2) is 33.8 Å². The summed E-state index contributed by atoms with van der Waals surface area (Å²) in [6.07, 6.45) is 1.63. The first kappa shape index (κ1) is 26.2. The Bertz CT molecular complexity index is 784. The molecule has 0 unspecified atom stereocenters. The van der Waals surface area contributed by atoms with Crippen LogP contribution in [0, 0.1) is 0 Å². The standard InChI is InChI=1S/C22H35N5O2.HI/c1-7-23-21(24-14-10-13-19-26-20(16(2)3)27-29-19)25-15-17-11-8-9-12-18(17)28-22(4,5)6;/h8-9,11-12,16H,7,10,13-15H2,1-6H3,(H2,23,24,25);1H. The van der Waals surface area contributed by atoms with Crippen molar-refractivity contribution in [1.29, 1.82) is 0 Å². The van der Waals surface area contributed by atoms with Gasteiger partial charge in [0.15, 0.2) is 11.8 Å². The van der Waals surface area contributed by atoms with Crippen LogP contribution in [0.25, 0.3) is 0 Å². The number of aryl methyl sites for hydroxylation is 1. The Morgan fingerprint density at radius 1 is 1.20 bits per heavy atom. The molecule has 0 bridgehead atoms. The summed E-state index contributed by atoms with van der Waals surface area (Å²) in [4.78, 5) is 9.12. The van der Waals surface area contributed by atoms with Crippen molar-refractivity contribution in [2.24, 2.45) is 4.99 Å². The number of hydrogen-bond donors (Lipinski definition) is 2. The van der Waals surface area contributed by atoms with Gasteiger partial charge in [0, 0.05) is 31.0 Å². The van der Waals surface area contributed by atoms with Crippen molar-refractivity contribution in [1.82, 2.24) is 20.8 Å². The molecule has 1 aromatic carbocycles. The van der Waals surface area contributed by atoms with Gasteiger partial charge in [-0.05, 0) is 40.2 Å². The summed E-state index contributed by atoms with van der Waals surface area (Å²) in [6.45, 7) is 14.4. The molecule has 0 saturated heterocycles. The lowest BCUT2D eigenvalue weighted by Gasteiger charge is -2.23. The number of benzene rings is 1. The van der Waals surface area contributed by atoms with Crippen LogP contribution in [0.5, 0.6) is 5.75 Å². The Hall–Kier alpha value is -1.84. The third-order valence-electron chi connectivity index (χ3n) is 4.00. The van der Waals surface area contributed by atoms with Gasteiger partial charge in [0.25, 0.3) is 0 Å². The number of rotatable bonds is 9. The lowest BCUT2D eigenvalue weighted by atomic mass is 10.1. The van der Waals surface area contributed by atoms with Gasteiger partial charge in [0.2, 0.25) is 5.89 Å². The van der Waals surface area contributed by atoms with Crippen molar-refractivity contribution in [2.45, 2.75) is 72.4 Å². The largest absolute Gasteiger partial charge is 0.488 e. The summed E-state index contributed by atoms with van der Waals surface area (Å²) >= 11 is 0. The molecule has 2 aromatic rings. The molecule has 0 atom stereocenters. The fraction of sp³-hybridized carbons (Fsp3) is 0.591. The number of para-hydroxylation sites is 1. The van der Waals surface area contributed by atoms with E-state index < -0.39 is 0 Å². The number of nitrogens with one attached hydrogen (secondary N) is 2. The van der Waals surface area contributed by atoms with Crippen molar-refractivity contribution in [3.63, 3.8) is 0 Å². The van der Waals surface area contributed by atoms with Crippen molar-refractivity contribution in [3.8, 4) is 5.75 Å². The van der Waals surface area contributed by atoms with Crippen molar-refractivity contribution < 1.29 is 9.26 Å². The molecule has 168 valence electrons. The van der Waals surface area contributed by atoms with Crippen molar-refractivity contribution in [2.75, 3.05) is 13.1 Å². The van der Waals surface area contributed by atoms with E-state index in [1.54, 1.807) is 0 Å². The molecule has 7 nitrogen and oxygen atoms in total. The van der Waals surface area contributed by atoms with Crippen LogP contribution >= 0.6 is 24.0 Å². The van der Waals surface area contributed by atoms with E-state index in [9.17, 15) is 0 Å². The van der Waals surface area contributed by atoms with Gasteiger partial charge in [-0.2, -0.15) is 4.98 Å². The number of hydrogen-bond acceptors (Lipinski definition) is 5. The third kappa shape index (κ3) is 9.32. The Morgan fingerprint density at radius 3 is 2.57 bits per heavy atom. The van der Waals surface area contributed by atoms with E-state index in [-0.39, 0.29) is 35.5 Å². The van der Waals surface area contributed by atoms with Crippen LogP contribution in [0.3, 0.4) is 0 Å². The average Bonchev–Trinajstić information content (AvgIpc) is 3.12. The monoisotopic (exact) mass is 529 g/mol. The molecule has 0 spiro atoms. The SMILES string of the molecule is CCNC(=NCc1ccccc1OC(C)(C)C)NCCCc1nc(C(C)C)no1.I. The van der Waals surface area contributed by atoms with Gasteiger partial charge in [-0.1, -0.05) is 37.2 Å². The van der Waals surface area contributed by atoms with Crippen molar-refractivity contribution in [3.05, 3.63) is 41.5 Å². The smallest absolute Gasteiger partial charge is 0.226 e. The summed E-state index contributed by atoms with van der Waals surface area (Å²) in [5.41, 5.74) is 0.818. The molecule has 1 aromatic heterocycles. The molecular weight excluding hydrogens is 493 g/mol. The molecule has 0 aliphatic carbocycles. The van der Waals surface area contributed by atoms with Crippen LogP contribution in [0.1, 0.15) is 71.2 Å². The first-order valence-electron chi connectivity index (χ1n) is 10.4. The molecule has 0 fully saturated rings. The zero-order valence-corrected chi connectivity index (χ0v) is 21.3. The molecular formula is C22H36IN5O2. The number of guanidine groups is 1. The van der Waals surface area contributed by atoms with E-state index in [4.69, 9.17) is 14.3 Å². The third-order valence-corrected chi connectivity index (χ3v) is 4.00. The molecule has 0 aliphatic heterocycles. The van der Waals surface area contributed by atoms with Crippen LogP contribution in [0.2, 0.25) is 0 Å². The van der Waals surface area contributed by atoms with Gasteiger partial charge >= 0.3 is 0 Å². The summed E-state index contributed by atoms with van der Waals surface area (Å²) in [5, 5.41) is 10.7. The summed E-state index contributed by atoms with van der Waals surface area (Å²) in [7, 11) is 0. The molecule has 2 rings (SSSR count). The van der Waals surface area contributed by atoms with Gasteiger partial charge in [0.05, 0.1) is 6.54 Å². The highest BCUT2D eigenvalue weighted by Gasteiger charge is 2.14. The summed E-state index contributed by atoms with van der Waals surface area (Å²) < 4.78 is 11.3. The zero-order valence-electron chi connectivity index (χ0n) is 19.0. The van der Waals surface area contributed by atoms with Gasteiger partial charge in [-0.3, -0.25) is 0 Å². The quantitative estimate of drug-likeness (QED) is 0.213. The Balaban J connectivity index is 0.00000450. The van der Waals surface area contributed by atoms with Gasteiger partial charge in [-0.25, -0.2) is 4.99 Å². The number of nitrogens with zero attached hydrogens (tertiary/aromatic N) is 3. The Morgan fingerprint density at radius 2 is 1.93 bits per heavy atom. The zero-order chi connectivity index (χ0) is 21.3. The summed E-state index contributed by atoms with van der Waals surface area (Å²) in [6, 6.07) is 8.04. The molecule has 30 heavy (non-hydrogen) atoms. The maximum absolute atomic E-state index is 6.06. The molecule has 2 N–H and O–H groups in total. The lowest BCUT2D eigenvalue weighted by molar-refractivity contribution is 0.129. The molecule has 1 heterocycles. The van der Waals surface area contributed by atoms with Gasteiger partial charge in [0.1, 0.15) is 11.4 Å². The second-order valence-electron chi connectivity index (χ2n) is 8.25. The minimum absolute atomic E-state index is 0. The van der Waals surface area contributed by atoms with Crippen LogP contribution < -0.4 is 15.4 Å². The van der Waals surface area contributed by atoms with E-state index in [2.05, 4.69) is 47.6 Å². The second kappa shape index (κ2) is 12.8. The fourth-order valence-corrected chi connectivity index (χ4v) is 2.62. The normalized spacial score (nSPS) is 11.9. The second-order valence-corrected chi connectivity index (χ2v) is 8.25. The average molecular weight is 529 g/mol. The fourth-order valence-electron chi connectivity index (χ4n) is 2.62. The van der Waals surface area contributed by atoms with Crippen molar-refractivity contribution >= 4 is 29.9 Å².